The van der Waals surface area contributed by atoms with E-state index in [9.17, 15) is 0 Å². The number of likely N-dealkylation sites (tertiary alicyclic amines) is 1. The highest BCUT2D eigenvalue weighted by Crippen LogP contribution is 2.33. The summed E-state index contributed by atoms with van der Waals surface area (Å²) >= 11 is 0. The van der Waals surface area contributed by atoms with Gasteiger partial charge in [-0.1, -0.05) is 30.3 Å². The molecule has 1 heterocycles. The van der Waals surface area contributed by atoms with E-state index in [1.54, 1.807) is 0 Å². The molecule has 0 N–H and O–H groups in total. The zero-order valence-corrected chi connectivity index (χ0v) is 8.40. The van der Waals surface area contributed by atoms with Crippen LogP contribution in [-0.2, 0) is 0 Å². The molecule has 1 heteroatoms. The Hall–Kier alpha value is -0.820. The average molecular weight is 175 g/mol. The molecule has 0 spiro atoms. The van der Waals surface area contributed by atoms with Crippen molar-refractivity contribution in [3.05, 3.63) is 35.9 Å². The lowest BCUT2D eigenvalue weighted by atomic mass is 10.1. The second-order valence-corrected chi connectivity index (χ2v) is 4.02. The quantitative estimate of drug-likeness (QED) is 0.634. The van der Waals surface area contributed by atoms with E-state index in [0.29, 0.717) is 6.04 Å². The van der Waals surface area contributed by atoms with Crippen molar-refractivity contribution in [3.63, 3.8) is 0 Å². The fourth-order valence-electron chi connectivity index (χ4n) is 2.19. The third-order valence-corrected chi connectivity index (χ3v) is 3.23. The molecule has 1 saturated heterocycles. The topological polar surface area (TPSA) is 3.24 Å². The SMILES string of the molecule is C[C@@H]1CCC(c2ccccc2)N1C. The van der Waals surface area contributed by atoms with Crippen LogP contribution in [0.3, 0.4) is 0 Å². The zero-order chi connectivity index (χ0) is 9.26. The van der Waals surface area contributed by atoms with Gasteiger partial charge in [-0.25, -0.2) is 0 Å². The summed E-state index contributed by atoms with van der Waals surface area (Å²) in [7, 11) is 2.23. The number of nitrogens with zero attached hydrogens (tertiary/aromatic N) is 1. The van der Waals surface area contributed by atoms with Crippen molar-refractivity contribution in [1.82, 2.24) is 4.90 Å². The van der Waals surface area contributed by atoms with E-state index in [1.165, 1.54) is 18.4 Å². The first-order valence-electron chi connectivity index (χ1n) is 5.06. The molecule has 1 aromatic carbocycles. The minimum absolute atomic E-state index is 0.649. The molecule has 1 fully saturated rings. The Kier molecular flexibility index (Phi) is 2.36. The summed E-state index contributed by atoms with van der Waals surface area (Å²) in [5.74, 6) is 0. The molecular formula is C12H17N. The van der Waals surface area contributed by atoms with Gasteiger partial charge in [0.25, 0.3) is 0 Å². The largest absolute Gasteiger partial charge is 0.297 e. The Bertz CT molecular complexity index is 268. The fraction of sp³-hybridized carbons (Fsp3) is 0.500. The smallest absolute Gasteiger partial charge is 0.0348 e. The van der Waals surface area contributed by atoms with Gasteiger partial charge in [0.2, 0.25) is 0 Å². The average Bonchev–Trinajstić information content (AvgIpc) is 2.49. The predicted molar refractivity (Wildman–Crippen MR) is 55.6 cm³/mol. The maximum atomic E-state index is 2.48. The van der Waals surface area contributed by atoms with Crippen LogP contribution in [0.2, 0.25) is 0 Å². The van der Waals surface area contributed by atoms with Gasteiger partial charge in [0.15, 0.2) is 0 Å². The van der Waals surface area contributed by atoms with Gasteiger partial charge in [0.1, 0.15) is 0 Å². The van der Waals surface area contributed by atoms with Gasteiger partial charge in [-0.2, -0.15) is 0 Å². The summed E-state index contributed by atoms with van der Waals surface area (Å²) in [4.78, 5) is 2.48. The van der Waals surface area contributed by atoms with Gasteiger partial charge >= 0.3 is 0 Å². The van der Waals surface area contributed by atoms with Crippen molar-refractivity contribution in [2.75, 3.05) is 7.05 Å². The van der Waals surface area contributed by atoms with Crippen molar-refractivity contribution >= 4 is 0 Å². The van der Waals surface area contributed by atoms with Crippen LogP contribution in [0.5, 0.6) is 0 Å². The Morgan fingerprint density at radius 2 is 1.85 bits per heavy atom. The van der Waals surface area contributed by atoms with Gasteiger partial charge in [0.05, 0.1) is 0 Å². The van der Waals surface area contributed by atoms with Crippen molar-refractivity contribution in [2.24, 2.45) is 0 Å². The molecule has 1 aliphatic rings. The molecule has 0 amide bonds. The molecule has 0 saturated carbocycles. The zero-order valence-electron chi connectivity index (χ0n) is 8.40. The van der Waals surface area contributed by atoms with E-state index in [-0.39, 0.29) is 0 Å². The summed E-state index contributed by atoms with van der Waals surface area (Å²) in [6, 6.07) is 12.2. The van der Waals surface area contributed by atoms with E-state index >= 15 is 0 Å². The highest BCUT2D eigenvalue weighted by Gasteiger charge is 2.27. The van der Waals surface area contributed by atoms with E-state index in [1.807, 2.05) is 0 Å². The van der Waals surface area contributed by atoms with Crippen LogP contribution in [0.4, 0.5) is 0 Å². The number of benzene rings is 1. The molecule has 2 rings (SSSR count). The number of hydrogen-bond donors (Lipinski definition) is 0. The molecule has 0 radical (unpaired) electrons. The number of hydrogen-bond acceptors (Lipinski definition) is 1. The summed E-state index contributed by atoms with van der Waals surface area (Å²) in [5, 5.41) is 0. The Morgan fingerprint density at radius 1 is 1.15 bits per heavy atom. The summed E-state index contributed by atoms with van der Waals surface area (Å²) in [5.41, 5.74) is 1.47. The fourth-order valence-corrected chi connectivity index (χ4v) is 2.19. The Morgan fingerprint density at radius 3 is 2.38 bits per heavy atom. The minimum Gasteiger partial charge on any atom is -0.297 e. The van der Waals surface area contributed by atoms with E-state index < -0.39 is 0 Å². The van der Waals surface area contributed by atoms with Crippen LogP contribution in [0.1, 0.15) is 31.4 Å². The third-order valence-electron chi connectivity index (χ3n) is 3.23. The van der Waals surface area contributed by atoms with Crippen molar-refractivity contribution in [1.29, 1.82) is 0 Å². The molecule has 0 aromatic heterocycles. The highest BCUT2D eigenvalue weighted by atomic mass is 15.2. The predicted octanol–water partition coefficient (Wildman–Crippen LogP) is 2.84. The van der Waals surface area contributed by atoms with Crippen LogP contribution in [0.25, 0.3) is 0 Å². The molecule has 1 aromatic rings. The van der Waals surface area contributed by atoms with Crippen LogP contribution < -0.4 is 0 Å². The molecule has 0 bridgehead atoms. The summed E-state index contributed by atoms with van der Waals surface area (Å²) in [6.45, 7) is 2.31. The van der Waals surface area contributed by atoms with Crippen molar-refractivity contribution < 1.29 is 0 Å². The van der Waals surface area contributed by atoms with Crippen LogP contribution in [0.15, 0.2) is 30.3 Å². The Labute approximate surface area is 80.4 Å². The summed E-state index contributed by atoms with van der Waals surface area (Å²) < 4.78 is 0. The Balaban J connectivity index is 2.19. The third kappa shape index (κ3) is 1.61. The van der Waals surface area contributed by atoms with Gasteiger partial charge in [-0.15, -0.1) is 0 Å². The minimum atomic E-state index is 0.649. The summed E-state index contributed by atoms with van der Waals surface area (Å²) in [6.07, 6.45) is 2.64. The number of rotatable bonds is 1. The monoisotopic (exact) mass is 175 g/mol. The molecule has 1 unspecified atom stereocenters. The molecule has 13 heavy (non-hydrogen) atoms. The lowest BCUT2D eigenvalue weighted by Crippen LogP contribution is -2.24. The molecular weight excluding hydrogens is 158 g/mol. The highest BCUT2D eigenvalue weighted by molar-refractivity contribution is 5.20. The lowest BCUT2D eigenvalue weighted by Gasteiger charge is -2.23. The van der Waals surface area contributed by atoms with Crippen LogP contribution >= 0.6 is 0 Å². The van der Waals surface area contributed by atoms with E-state index in [4.69, 9.17) is 0 Å². The maximum absolute atomic E-state index is 2.48. The van der Waals surface area contributed by atoms with E-state index in [2.05, 4.69) is 49.2 Å². The first kappa shape index (κ1) is 8.76. The lowest BCUT2D eigenvalue weighted by molar-refractivity contribution is 0.256. The first-order valence-corrected chi connectivity index (χ1v) is 5.06. The van der Waals surface area contributed by atoms with Gasteiger partial charge in [0, 0.05) is 12.1 Å². The van der Waals surface area contributed by atoms with Crippen molar-refractivity contribution in [3.8, 4) is 0 Å². The maximum Gasteiger partial charge on any atom is 0.0348 e. The first-order chi connectivity index (χ1) is 6.29. The van der Waals surface area contributed by atoms with Gasteiger partial charge in [-0.3, -0.25) is 4.90 Å². The normalized spacial score (nSPS) is 29.4. The standard InChI is InChI=1S/C12H17N/c1-10-8-9-12(13(10)2)11-6-4-3-5-7-11/h3-7,10,12H,8-9H2,1-2H3/t10-,12?/m1/s1. The van der Waals surface area contributed by atoms with Crippen LogP contribution in [-0.4, -0.2) is 18.0 Å². The second-order valence-electron chi connectivity index (χ2n) is 4.02. The molecule has 1 aliphatic heterocycles. The van der Waals surface area contributed by atoms with Crippen LogP contribution in [0, 0.1) is 0 Å². The molecule has 0 aliphatic carbocycles. The molecule has 1 nitrogen and oxygen atoms in total. The van der Waals surface area contributed by atoms with Gasteiger partial charge in [-0.05, 0) is 32.4 Å². The second kappa shape index (κ2) is 3.51. The van der Waals surface area contributed by atoms with Gasteiger partial charge < -0.3 is 0 Å². The molecule has 2 atom stereocenters. The van der Waals surface area contributed by atoms with E-state index in [0.717, 1.165) is 6.04 Å². The van der Waals surface area contributed by atoms with Crippen molar-refractivity contribution in [2.45, 2.75) is 31.8 Å². The molecule has 70 valence electrons.